The molecule has 1 aliphatic heterocycles. The molecule has 1 saturated heterocycles. The van der Waals surface area contributed by atoms with Crippen LogP contribution in [-0.4, -0.2) is 34.3 Å². The number of hydrogen-bond acceptors (Lipinski definition) is 3. The number of pyridine rings is 1. The number of piperidine rings is 1. The lowest BCUT2D eigenvalue weighted by atomic mass is 10.0. The third-order valence-corrected chi connectivity index (χ3v) is 3.85. The Hall–Kier alpha value is -2.38. The van der Waals surface area contributed by atoms with Gasteiger partial charge in [-0.2, -0.15) is 13.2 Å². The molecule has 0 aromatic carbocycles. The molecule has 2 amide bonds. The van der Waals surface area contributed by atoms with Gasteiger partial charge in [0.1, 0.15) is 11.7 Å². The van der Waals surface area contributed by atoms with Gasteiger partial charge in [-0.05, 0) is 37.0 Å². The van der Waals surface area contributed by atoms with Crippen LogP contribution in [0.25, 0.3) is 0 Å². The van der Waals surface area contributed by atoms with E-state index in [4.69, 9.17) is 0 Å². The van der Waals surface area contributed by atoms with Gasteiger partial charge in [-0.15, -0.1) is 0 Å². The average molecular weight is 341 g/mol. The van der Waals surface area contributed by atoms with E-state index in [0.29, 0.717) is 18.5 Å². The van der Waals surface area contributed by atoms with E-state index in [0.717, 1.165) is 25.1 Å². The molecule has 0 bridgehead atoms. The van der Waals surface area contributed by atoms with E-state index < -0.39 is 17.9 Å². The van der Waals surface area contributed by atoms with Crippen molar-refractivity contribution < 1.29 is 22.8 Å². The summed E-state index contributed by atoms with van der Waals surface area (Å²) in [5.74, 6) is -0.629. The number of amides is 2. The maximum Gasteiger partial charge on any atom is 0.433 e. The summed E-state index contributed by atoms with van der Waals surface area (Å²) in [6, 6.07) is 1.56. The first-order valence-corrected chi connectivity index (χ1v) is 7.56. The van der Waals surface area contributed by atoms with Crippen LogP contribution in [0.5, 0.6) is 0 Å². The standard InChI is InChI=1S/C16H18F3N3O2/c1-2-14(23)22-8-4-3-5-12(22)15(24)21-10-11-6-7-13(20-9-11)16(17,18)19/h2,6-7,9,12H,1,3-5,8,10H2,(H,21,24). The Kier molecular flexibility index (Phi) is 5.58. The van der Waals surface area contributed by atoms with Crippen LogP contribution in [0, 0.1) is 0 Å². The van der Waals surface area contributed by atoms with Crippen molar-refractivity contribution in [1.82, 2.24) is 15.2 Å². The quantitative estimate of drug-likeness (QED) is 0.855. The molecule has 24 heavy (non-hydrogen) atoms. The van der Waals surface area contributed by atoms with Crippen LogP contribution in [0.4, 0.5) is 13.2 Å². The van der Waals surface area contributed by atoms with Gasteiger partial charge in [-0.1, -0.05) is 12.6 Å². The normalized spacial score (nSPS) is 18.1. The Morgan fingerprint density at radius 1 is 1.38 bits per heavy atom. The predicted molar refractivity (Wildman–Crippen MR) is 80.6 cm³/mol. The van der Waals surface area contributed by atoms with E-state index in [1.165, 1.54) is 17.0 Å². The van der Waals surface area contributed by atoms with E-state index >= 15 is 0 Å². The molecule has 0 aliphatic carbocycles. The second-order valence-electron chi connectivity index (χ2n) is 5.51. The van der Waals surface area contributed by atoms with Gasteiger partial charge >= 0.3 is 6.18 Å². The molecule has 1 fully saturated rings. The summed E-state index contributed by atoms with van der Waals surface area (Å²) >= 11 is 0. The van der Waals surface area contributed by atoms with Crippen LogP contribution in [-0.2, 0) is 22.3 Å². The van der Waals surface area contributed by atoms with Crippen molar-refractivity contribution in [1.29, 1.82) is 0 Å². The number of nitrogens with one attached hydrogen (secondary N) is 1. The van der Waals surface area contributed by atoms with Gasteiger partial charge in [0.05, 0.1) is 0 Å². The van der Waals surface area contributed by atoms with Crippen molar-refractivity contribution >= 4 is 11.8 Å². The summed E-state index contributed by atoms with van der Waals surface area (Å²) < 4.78 is 37.4. The molecule has 0 spiro atoms. The Morgan fingerprint density at radius 3 is 2.71 bits per heavy atom. The second kappa shape index (κ2) is 7.46. The first-order valence-electron chi connectivity index (χ1n) is 7.56. The first-order chi connectivity index (χ1) is 11.3. The SMILES string of the molecule is C=CC(=O)N1CCCCC1C(=O)NCc1ccc(C(F)(F)F)nc1. The van der Waals surface area contributed by atoms with Gasteiger partial charge in [0.2, 0.25) is 11.8 Å². The second-order valence-corrected chi connectivity index (χ2v) is 5.51. The van der Waals surface area contributed by atoms with Crippen molar-refractivity contribution in [3.63, 3.8) is 0 Å². The van der Waals surface area contributed by atoms with E-state index in [-0.39, 0.29) is 18.4 Å². The summed E-state index contributed by atoms with van der Waals surface area (Å²) in [6.07, 6.45) is -0.0266. The maximum atomic E-state index is 12.5. The molecule has 8 heteroatoms. The van der Waals surface area contributed by atoms with Gasteiger partial charge in [0, 0.05) is 19.3 Å². The predicted octanol–water partition coefficient (Wildman–Crippen LogP) is 2.28. The molecule has 1 aliphatic rings. The van der Waals surface area contributed by atoms with E-state index in [1.807, 2.05) is 0 Å². The number of alkyl halides is 3. The third kappa shape index (κ3) is 4.33. The van der Waals surface area contributed by atoms with Crippen LogP contribution in [0.3, 0.4) is 0 Å². The van der Waals surface area contributed by atoms with Gasteiger partial charge in [-0.3, -0.25) is 14.6 Å². The van der Waals surface area contributed by atoms with Crippen LogP contribution < -0.4 is 5.32 Å². The number of aromatic nitrogens is 1. The molecular weight excluding hydrogens is 323 g/mol. The molecular formula is C16H18F3N3O2. The Morgan fingerprint density at radius 2 is 2.12 bits per heavy atom. The first kappa shape index (κ1) is 18.0. The molecule has 2 rings (SSSR count). The molecule has 1 atom stereocenters. The lowest BCUT2D eigenvalue weighted by molar-refractivity contribution is -0.141. The smallest absolute Gasteiger partial charge is 0.350 e. The number of nitrogens with zero attached hydrogens (tertiary/aromatic N) is 2. The van der Waals surface area contributed by atoms with Crippen LogP contribution in [0.15, 0.2) is 31.0 Å². The molecule has 5 nitrogen and oxygen atoms in total. The zero-order valence-electron chi connectivity index (χ0n) is 13.0. The van der Waals surface area contributed by atoms with Gasteiger partial charge in [0.25, 0.3) is 0 Å². The number of likely N-dealkylation sites (tertiary alicyclic amines) is 1. The summed E-state index contributed by atoms with van der Waals surface area (Å²) in [4.78, 5) is 28.9. The maximum absolute atomic E-state index is 12.5. The molecule has 130 valence electrons. The Balaban J connectivity index is 1.96. The number of halogens is 3. The number of hydrogen-bond donors (Lipinski definition) is 1. The minimum Gasteiger partial charge on any atom is -0.350 e. The zero-order valence-corrected chi connectivity index (χ0v) is 13.0. The monoisotopic (exact) mass is 341 g/mol. The summed E-state index contributed by atoms with van der Waals surface area (Å²) in [6.45, 7) is 3.97. The molecule has 1 aromatic heterocycles. The summed E-state index contributed by atoms with van der Waals surface area (Å²) in [5, 5.41) is 2.65. The van der Waals surface area contributed by atoms with Gasteiger partial charge in [0.15, 0.2) is 0 Å². The summed E-state index contributed by atoms with van der Waals surface area (Å²) in [7, 11) is 0. The van der Waals surface area contributed by atoms with E-state index in [2.05, 4.69) is 16.9 Å². The molecule has 0 radical (unpaired) electrons. The topological polar surface area (TPSA) is 62.3 Å². The third-order valence-electron chi connectivity index (χ3n) is 3.85. The van der Waals surface area contributed by atoms with Crippen molar-refractivity contribution in [2.75, 3.05) is 6.54 Å². The fourth-order valence-electron chi connectivity index (χ4n) is 2.59. The minimum atomic E-state index is -4.49. The highest BCUT2D eigenvalue weighted by atomic mass is 19.4. The van der Waals surface area contributed by atoms with Crippen molar-refractivity contribution in [2.45, 2.75) is 38.0 Å². The van der Waals surface area contributed by atoms with Crippen molar-refractivity contribution in [2.24, 2.45) is 0 Å². The van der Waals surface area contributed by atoms with E-state index in [1.54, 1.807) is 0 Å². The van der Waals surface area contributed by atoms with Gasteiger partial charge in [-0.25, -0.2) is 0 Å². The highest BCUT2D eigenvalue weighted by Crippen LogP contribution is 2.27. The van der Waals surface area contributed by atoms with Crippen LogP contribution >= 0.6 is 0 Å². The van der Waals surface area contributed by atoms with Crippen LogP contribution in [0.2, 0.25) is 0 Å². The lowest BCUT2D eigenvalue weighted by Gasteiger charge is -2.34. The molecule has 1 aromatic rings. The van der Waals surface area contributed by atoms with Crippen molar-refractivity contribution in [3.05, 3.63) is 42.2 Å². The molecule has 1 N–H and O–H groups in total. The van der Waals surface area contributed by atoms with Crippen molar-refractivity contribution in [3.8, 4) is 0 Å². The van der Waals surface area contributed by atoms with Gasteiger partial charge < -0.3 is 10.2 Å². The van der Waals surface area contributed by atoms with E-state index in [9.17, 15) is 22.8 Å². The number of carbonyl (C=O) groups is 2. The zero-order chi connectivity index (χ0) is 17.7. The largest absolute Gasteiger partial charge is 0.433 e. The Bertz CT molecular complexity index is 614. The molecule has 1 unspecified atom stereocenters. The minimum absolute atomic E-state index is 0.0522. The van der Waals surface area contributed by atoms with Crippen LogP contribution in [0.1, 0.15) is 30.5 Å². The highest BCUT2D eigenvalue weighted by Gasteiger charge is 2.32. The molecule has 0 saturated carbocycles. The molecule has 2 heterocycles. The lowest BCUT2D eigenvalue weighted by Crippen LogP contribution is -2.51. The number of carbonyl (C=O) groups excluding carboxylic acids is 2. The summed E-state index contributed by atoms with van der Waals surface area (Å²) in [5.41, 5.74) is -0.527. The fourth-order valence-corrected chi connectivity index (χ4v) is 2.59. The highest BCUT2D eigenvalue weighted by molar-refractivity contribution is 5.92. The fraction of sp³-hybridized carbons (Fsp3) is 0.438. The average Bonchev–Trinajstić information content (AvgIpc) is 2.58. The number of rotatable bonds is 4. The Labute approximate surface area is 137 Å².